The molecule has 24 nitrogen and oxygen atoms in total. The number of H-pyrrole nitrogens is 2. The van der Waals surface area contributed by atoms with Gasteiger partial charge in [0.1, 0.15) is 34.9 Å². The Balaban J connectivity index is 0.000000129. The summed E-state index contributed by atoms with van der Waals surface area (Å²) in [5.41, 5.74) is 9.51. The van der Waals surface area contributed by atoms with Crippen molar-refractivity contribution in [3.05, 3.63) is 305 Å². The third-order valence-corrected chi connectivity index (χ3v) is 19.9. The van der Waals surface area contributed by atoms with Gasteiger partial charge in [-0.25, -0.2) is 50.0 Å². The van der Waals surface area contributed by atoms with E-state index >= 15 is 0 Å². The lowest BCUT2D eigenvalue weighted by Gasteiger charge is -2.12. The molecule has 0 atom stereocenters. The summed E-state index contributed by atoms with van der Waals surface area (Å²) in [5, 5.41) is 57.5. The Morgan fingerprint density at radius 1 is 0.331 bits per heavy atom. The van der Waals surface area contributed by atoms with Crippen LogP contribution in [0, 0.1) is 11.3 Å². The van der Waals surface area contributed by atoms with E-state index in [1.54, 1.807) is 72.9 Å². The molecule has 0 saturated heterocycles. The van der Waals surface area contributed by atoms with Crippen LogP contribution in [-0.2, 0) is 0 Å². The van der Waals surface area contributed by atoms with E-state index in [0.29, 0.717) is 139 Å². The Morgan fingerprint density at radius 2 is 0.695 bits per heavy atom. The zero-order chi connectivity index (χ0) is 81.7. The van der Waals surface area contributed by atoms with Crippen molar-refractivity contribution in [2.24, 2.45) is 0 Å². The smallest absolute Gasteiger partial charge is 0.264 e. The second-order valence-electron chi connectivity index (χ2n) is 25.8. The number of benzene rings is 10. The maximum absolute atomic E-state index is 11.1. The molecule has 0 bridgehead atoms. The van der Waals surface area contributed by atoms with E-state index < -0.39 is 0 Å². The second kappa shape index (κ2) is 39.7. The minimum atomic E-state index is -0.241. The zero-order valence-electron chi connectivity index (χ0n) is 62.1. The molecule has 17 rings (SSSR count). The van der Waals surface area contributed by atoms with Crippen LogP contribution in [0.1, 0.15) is 5.56 Å². The van der Waals surface area contributed by atoms with Crippen molar-refractivity contribution < 1.29 is 0 Å². The molecule has 7 heterocycles. The first-order valence-corrected chi connectivity index (χ1v) is 39.7. The number of fused-ring (bicyclic) bond motifs is 5. The van der Waals surface area contributed by atoms with Gasteiger partial charge in [0.05, 0.1) is 64.8 Å². The number of nitrogens with zero attached hydrogens (tertiary/aromatic N) is 13. The van der Waals surface area contributed by atoms with E-state index in [4.69, 9.17) is 113 Å². The molecule has 32 heteroatoms. The average molecular weight is 1720 g/mol. The lowest BCUT2D eigenvalue weighted by Crippen LogP contribution is -2.17. The number of hydrogen-bond acceptors (Lipinski definition) is 22. The maximum Gasteiger partial charge on any atom is 0.264 e. The first-order valence-electron chi connectivity index (χ1n) is 36.7. The molecule has 118 heavy (non-hydrogen) atoms. The summed E-state index contributed by atoms with van der Waals surface area (Å²) >= 11 is 49.5. The molecule has 0 fully saturated rings. The van der Waals surface area contributed by atoms with Crippen LogP contribution in [0.5, 0.6) is 0 Å². The van der Waals surface area contributed by atoms with E-state index in [0.717, 1.165) is 106 Å². The van der Waals surface area contributed by atoms with Crippen molar-refractivity contribution in [3.8, 4) is 51.6 Å². The quantitative estimate of drug-likeness (QED) is 0.0251. The van der Waals surface area contributed by atoms with Crippen LogP contribution in [0.15, 0.2) is 254 Å². The van der Waals surface area contributed by atoms with Gasteiger partial charge >= 0.3 is 0 Å². The van der Waals surface area contributed by atoms with E-state index in [-0.39, 0.29) is 5.56 Å². The van der Waals surface area contributed by atoms with Gasteiger partial charge in [0, 0.05) is 134 Å². The minimum Gasteiger partial charge on any atom is -0.383 e. The summed E-state index contributed by atoms with van der Waals surface area (Å²) in [6.07, 6.45) is 1.64. The Labute approximate surface area is 715 Å². The summed E-state index contributed by atoms with van der Waals surface area (Å²) in [4.78, 5) is 56.4. The molecule has 17 aromatic rings. The van der Waals surface area contributed by atoms with Crippen molar-refractivity contribution in [2.75, 3.05) is 94.9 Å². The zero-order valence-corrected chi connectivity index (χ0v) is 68.1. The molecule has 0 unspecified atom stereocenters. The molecule has 7 aromatic heterocycles. The van der Waals surface area contributed by atoms with Crippen molar-refractivity contribution >= 4 is 194 Å². The van der Waals surface area contributed by atoms with Gasteiger partial charge < -0.3 is 47.5 Å². The van der Waals surface area contributed by atoms with Crippen molar-refractivity contribution in [3.63, 3.8) is 0 Å². The topological polar surface area (TPSA) is 323 Å². The Hall–Kier alpha value is -12.8. The lowest BCUT2D eigenvalue weighted by atomic mass is 10.2. The molecule has 0 amide bonds. The van der Waals surface area contributed by atoms with Gasteiger partial charge in [-0.15, -0.1) is 5.10 Å². The molecule has 0 aliphatic heterocycles. The highest BCUT2D eigenvalue weighted by atomic mass is 35.5. The molecule has 0 spiro atoms. The third kappa shape index (κ3) is 21.4. The normalized spacial score (nSPS) is 10.8. The number of halogens is 8. The van der Waals surface area contributed by atoms with Crippen molar-refractivity contribution in [1.29, 1.82) is 5.26 Å². The van der Waals surface area contributed by atoms with Gasteiger partial charge in [0.25, 0.3) is 5.56 Å². The molecule has 0 saturated carbocycles. The maximum atomic E-state index is 11.1. The number of aromatic nitrogens is 14. The summed E-state index contributed by atoms with van der Waals surface area (Å²) in [5.74, 6) is 7.14. The van der Waals surface area contributed by atoms with Crippen LogP contribution in [-0.4, -0.2) is 123 Å². The van der Waals surface area contributed by atoms with Gasteiger partial charge in [-0.2, -0.15) is 15.5 Å². The molecule has 588 valence electrons. The molecule has 0 aliphatic rings. The summed E-state index contributed by atoms with van der Waals surface area (Å²) in [6.45, 7) is 5.10. The molecular weight excluding hydrogens is 1650 g/mol. The summed E-state index contributed by atoms with van der Waals surface area (Å²) in [7, 11) is 0. The highest BCUT2D eigenvalue weighted by molar-refractivity contribution is 6.38. The number of aromatic amines is 2. The fraction of sp³-hybridized carbons (Fsp3) is 0.0930. The van der Waals surface area contributed by atoms with Crippen LogP contribution in [0.3, 0.4) is 0 Å². The highest BCUT2D eigenvalue weighted by Crippen LogP contribution is 2.37. The summed E-state index contributed by atoms with van der Waals surface area (Å²) < 4.78 is 0. The van der Waals surface area contributed by atoms with Crippen LogP contribution in [0.25, 0.3) is 100 Å². The highest BCUT2D eigenvalue weighted by Gasteiger charge is 2.18. The van der Waals surface area contributed by atoms with Crippen LogP contribution in [0.4, 0.5) is 46.5 Å². The van der Waals surface area contributed by atoms with Gasteiger partial charge in [0.2, 0.25) is 5.95 Å². The number of nitriles is 1. The fourth-order valence-corrected chi connectivity index (χ4v) is 14.0. The third-order valence-electron chi connectivity index (χ3n) is 17.7. The summed E-state index contributed by atoms with van der Waals surface area (Å²) in [6, 6.07) is 76.6. The average Bonchev–Trinajstić information content (AvgIpc) is 1.09. The standard InChI is InChI=1S/C23H18Cl2N6.C23H17Cl2N5.C20H16Cl2N6O.C20H16Cl2N6/c24-14-9-10-15(17(25)13-14)22-28-18-6-2-1-5-16(18)21(31-22)26-11-12-27-23-29-19-7-3-4-8-20(19)30-23;24-16-7-10-18(20(25)13-16)23-29-21-4-2-1-3-19(21)22(30-23)28-12-11-27-17-8-5-15(14-26)6-9-17;21-12-5-6-13(15(22)11-12)20-25-16-4-2-1-3-14(16)19(26-20)24-10-9-23-17-7-8-18(29)28-27-17;21-13-7-8-14(16(22)12-13)20-26-17-5-2-1-4-15(17)19(27-20)24-11-10-23-18-6-3-9-25-28-18/h1-10,13H,11-12H2,(H,26,28,31)(H2,27,29,30);1-10,13,27H,11-12H2,(H,28,29,30);1-8,11H,9-10H2,(H,23,27)(H,28,29)(H,24,25,26);1-9,12H,10-11H2,(H,23,28)(H,24,26,27). The second-order valence-corrected chi connectivity index (χ2v) is 29.1. The van der Waals surface area contributed by atoms with E-state index in [1.165, 1.54) is 6.07 Å². The number of anilines is 8. The number of imidazole rings is 1. The minimum absolute atomic E-state index is 0.241. The first kappa shape index (κ1) is 81.8. The predicted molar refractivity (Wildman–Crippen MR) is 482 cm³/mol. The molecular formula is C86H67Cl8N23O. The van der Waals surface area contributed by atoms with Gasteiger partial charge in [-0.1, -0.05) is 153 Å². The van der Waals surface area contributed by atoms with Crippen molar-refractivity contribution in [1.82, 2.24) is 70.2 Å². The molecule has 10 N–H and O–H groups in total. The van der Waals surface area contributed by atoms with E-state index in [2.05, 4.69) is 104 Å². The van der Waals surface area contributed by atoms with Gasteiger partial charge in [0.15, 0.2) is 23.3 Å². The Morgan fingerprint density at radius 3 is 1.06 bits per heavy atom. The Bertz CT molecular complexity index is 6450. The number of hydrogen-bond donors (Lipinski definition) is 10. The Kier molecular flexibility index (Phi) is 27.5. The van der Waals surface area contributed by atoms with Crippen LogP contribution < -0.4 is 48.1 Å². The first-order chi connectivity index (χ1) is 57.6. The van der Waals surface area contributed by atoms with E-state index in [1.807, 2.05) is 170 Å². The van der Waals surface area contributed by atoms with Crippen LogP contribution in [0.2, 0.25) is 40.2 Å². The van der Waals surface area contributed by atoms with E-state index in [9.17, 15) is 4.79 Å². The fourth-order valence-electron chi connectivity index (χ4n) is 12.0. The molecule has 0 aliphatic carbocycles. The van der Waals surface area contributed by atoms with Crippen molar-refractivity contribution in [2.45, 2.75) is 0 Å². The number of nitrogens with one attached hydrogen (secondary N) is 10. The molecule has 10 aromatic carbocycles. The number of para-hydroxylation sites is 6. The molecule has 0 radical (unpaired) electrons. The SMILES string of the molecule is Clc1ccc(-c2nc(NCCNc3cccnn3)c3ccccc3n2)c(Cl)c1.Clc1ccc(-c2nc(NCCNc3nc4ccccc4[nH]3)c3ccccc3n2)c(Cl)c1.N#Cc1ccc(NCCNc2nc(-c3ccc(Cl)cc3Cl)nc3ccccc23)cc1.O=c1ccc(NCCNc2nc(-c3ccc(Cl)cc3Cl)nc3ccccc23)n[nH]1. The lowest BCUT2D eigenvalue weighted by molar-refractivity contribution is 0.963. The van der Waals surface area contributed by atoms with Gasteiger partial charge in [-0.3, -0.25) is 4.79 Å². The van der Waals surface area contributed by atoms with Gasteiger partial charge in [-0.05, 0) is 176 Å². The largest absolute Gasteiger partial charge is 0.383 e. The number of rotatable bonds is 24. The predicted octanol–water partition coefficient (Wildman–Crippen LogP) is 21.1. The monoisotopic (exact) mass is 1720 g/mol. The van der Waals surface area contributed by atoms with Crippen LogP contribution >= 0.6 is 92.8 Å².